The van der Waals surface area contributed by atoms with Crippen LogP contribution < -0.4 is 19.8 Å². The summed E-state index contributed by atoms with van der Waals surface area (Å²) in [6, 6.07) is 12.0. The standard InChI is InChI=1S/C25H23N3O6/c1-14(30)15-4-6-16(7-5-15)19-10-18(34-9-8-29)13-26-23(19)24-27-20-11-17(32-2)12-21(33-3)22(20)25(31)28-24/h4-7,10-13,29H,8-9H2,1-3H3,(H,27,28,31). The van der Waals surface area contributed by atoms with Gasteiger partial charge in [0.25, 0.3) is 5.56 Å². The Morgan fingerprint density at radius 3 is 2.47 bits per heavy atom. The molecule has 9 nitrogen and oxygen atoms in total. The van der Waals surface area contributed by atoms with Gasteiger partial charge in [-0.2, -0.15) is 0 Å². The highest BCUT2D eigenvalue weighted by molar-refractivity contribution is 5.95. The number of aromatic amines is 1. The zero-order valence-electron chi connectivity index (χ0n) is 18.9. The number of fused-ring (bicyclic) bond motifs is 1. The molecule has 0 amide bonds. The summed E-state index contributed by atoms with van der Waals surface area (Å²) in [5.74, 6) is 1.47. The van der Waals surface area contributed by atoms with Crippen molar-refractivity contribution in [3.63, 3.8) is 0 Å². The number of aliphatic hydroxyl groups excluding tert-OH is 1. The summed E-state index contributed by atoms with van der Waals surface area (Å²) >= 11 is 0. The molecule has 0 atom stereocenters. The SMILES string of the molecule is COc1cc(OC)c2c(=O)[nH]c(-c3ncc(OCCO)cc3-c3ccc(C(C)=O)cc3)nc2c1. The van der Waals surface area contributed by atoms with Gasteiger partial charge in [0.05, 0.1) is 32.5 Å². The largest absolute Gasteiger partial charge is 0.497 e. The van der Waals surface area contributed by atoms with E-state index in [9.17, 15) is 9.59 Å². The Hall–Kier alpha value is -4.24. The summed E-state index contributed by atoms with van der Waals surface area (Å²) in [5, 5.41) is 9.39. The van der Waals surface area contributed by atoms with Crippen molar-refractivity contribution in [3.8, 4) is 39.9 Å². The molecule has 2 N–H and O–H groups in total. The van der Waals surface area contributed by atoms with Gasteiger partial charge in [0, 0.05) is 23.3 Å². The van der Waals surface area contributed by atoms with E-state index < -0.39 is 0 Å². The predicted molar refractivity (Wildman–Crippen MR) is 127 cm³/mol. The second kappa shape index (κ2) is 9.72. The van der Waals surface area contributed by atoms with Gasteiger partial charge in [-0.3, -0.25) is 9.59 Å². The molecular weight excluding hydrogens is 438 g/mol. The fourth-order valence-corrected chi connectivity index (χ4v) is 3.58. The number of hydrogen-bond donors (Lipinski definition) is 2. The normalized spacial score (nSPS) is 10.8. The average molecular weight is 461 g/mol. The molecule has 9 heteroatoms. The zero-order chi connectivity index (χ0) is 24.2. The first kappa shape index (κ1) is 22.9. The van der Waals surface area contributed by atoms with Gasteiger partial charge in [-0.05, 0) is 18.6 Å². The number of methoxy groups -OCH3 is 2. The van der Waals surface area contributed by atoms with Crippen molar-refractivity contribution < 1.29 is 24.1 Å². The van der Waals surface area contributed by atoms with Crippen LogP contribution >= 0.6 is 0 Å². The number of nitrogens with zero attached hydrogens (tertiary/aromatic N) is 2. The molecule has 0 saturated heterocycles. The van der Waals surface area contributed by atoms with Crippen molar-refractivity contribution in [2.75, 3.05) is 27.4 Å². The first-order valence-electron chi connectivity index (χ1n) is 10.5. The summed E-state index contributed by atoms with van der Waals surface area (Å²) in [7, 11) is 2.99. The highest BCUT2D eigenvalue weighted by atomic mass is 16.5. The summed E-state index contributed by atoms with van der Waals surface area (Å²) in [6.07, 6.45) is 1.49. The van der Waals surface area contributed by atoms with Gasteiger partial charge >= 0.3 is 0 Å². The molecule has 2 aromatic carbocycles. The Balaban J connectivity index is 1.92. The molecule has 2 heterocycles. The van der Waals surface area contributed by atoms with Gasteiger partial charge in [0.15, 0.2) is 11.6 Å². The second-order valence-electron chi connectivity index (χ2n) is 7.41. The van der Waals surface area contributed by atoms with Crippen LogP contribution in [0.4, 0.5) is 0 Å². The number of aliphatic hydroxyl groups is 1. The third-order valence-electron chi connectivity index (χ3n) is 5.25. The monoisotopic (exact) mass is 461 g/mol. The first-order valence-corrected chi connectivity index (χ1v) is 10.5. The topological polar surface area (TPSA) is 124 Å². The van der Waals surface area contributed by atoms with E-state index in [4.69, 9.17) is 19.3 Å². The number of nitrogens with one attached hydrogen (secondary N) is 1. The minimum atomic E-state index is -0.389. The molecule has 34 heavy (non-hydrogen) atoms. The number of benzene rings is 2. The Morgan fingerprint density at radius 2 is 1.82 bits per heavy atom. The van der Waals surface area contributed by atoms with Crippen LogP contribution in [-0.4, -0.2) is 53.3 Å². The van der Waals surface area contributed by atoms with E-state index in [1.54, 1.807) is 42.5 Å². The molecule has 0 aliphatic heterocycles. The molecule has 4 aromatic rings. The number of Topliss-reactive ketones (excluding diaryl/α,β-unsaturated/α-hetero) is 1. The van der Waals surface area contributed by atoms with Crippen LogP contribution in [0.25, 0.3) is 33.5 Å². The zero-order valence-corrected chi connectivity index (χ0v) is 18.9. The molecule has 0 saturated carbocycles. The number of pyridine rings is 1. The number of ketones is 1. The minimum Gasteiger partial charge on any atom is -0.497 e. The van der Waals surface area contributed by atoms with E-state index in [2.05, 4.69) is 15.0 Å². The molecule has 4 rings (SSSR count). The minimum absolute atomic E-state index is 0.0478. The number of ether oxygens (including phenoxy) is 3. The quantitative estimate of drug-likeness (QED) is 0.383. The highest BCUT2D eigenvalue weighted by Gasteiger charge is 2.18. The average Bonchev–Trinajstić information content (AvgIpc) is 2.86. The van der Waals surface area contributed by atoms with Crippen molar-refractivity contribution in [2.24, 2.45) is 0 Å². The maximum atomic E-state index is 13.0. The van der Waals surface area contributed by atoms with Crippen LogP contribution in [0.2, 0.25) is 0 Å². The second-order valence-corrected chi connectivity index (χ2v) is 7.41. The smallest absolute Gasteiger partial charge is 0.262 e. The van der Waals surface area contributed by atoms with Crippen molar-refractivity contribution in [1.29, 1.82) is 0 Å². The number of rotatable bonds is 8. The van der Waals surface area contributed by atoms with E-state index in [0.29, 0.717) is 45.0 Å². The molecule has 174 valence electrons. The van der Waals surface area contributed by atoms with Crippen molar-refractivity contribution in [3.05, 3.63) is 64.6 Å². The molecule has 0 aliphatic rings. The number of hydrogen-bond acceptors (Lipinski definition) is 8. The summed E-state index contributed by atoms with van der Waals surface area (Å²) in [6.45, 7) is 1.46. The molecule has 0 fully saturated rings. The molecule has 0 radical (unpaired) electrons. The number of carbonyl (C=O) groups excluding carboxylic acids is 1. The Kier molecular flexibility index (Phi) is 6.55. The summed E-state index contributed by atoms with van der Waals surface area (Å²) in [4.78, 5) is 36.6. The van der Waals surface area contributed by atoms with Crippen molar-refractivity contribution in [2.45, 2.75) is 6.92 Å². The predicted octanol–water partition coefficient (Wildman–Crippen LogP) is 3.24. The Morgan fingerprint density at radius 1 is 1.06 bits per heavy atom. The van der Waals surface area contributed by atoms with E-state index in [0.717, 1.165) is 5.56 Å². The fourth-order valence-electron chi connectivity index (χ4n) is 3.58. The lowest BCUT2D eigenvalue weighted by Gasteiger charge is -2.13. The van der Waals surface area contributed by atoms with Crippen LogP contribution in [0.3, 0.4) is 0 Å². The first-order chi connectivity index (χ1) is 16.4. The lowest BCUT2D eigenvalue weighted by atomic mass is 10.0. The van der Waals surface area contributed by atoms with Gasteiger partial charge in [-0.25, -0.2) is 9.97 Å². The van der Waals surface area contributed by atoms with Crippen LogP contribution in [0.15, 0.2) is 53.5 Å². The van der Waals surface area contributed by atoms with E-state index in [1.165, 1.54) is 27.3 Å². The summed E-state index contributed by atoms with van der Waals surface area (Å²) in [5.41, 5.74) is 2.35. The van der Waals surface area contributed by atoms with Crippen LogP contribution in [-0.2, 0) is 0 Å². The fraction of sp³-hybridized carbons (Fsp3) is 0.200. The van der Waals surface area contributed by atoms with E-state index in [1.807, 2.05) is 0 Å². The van der Waals surface area contributed by atoms with Gasteiger partial charge in [0.1, 0.15) is 34.9 Å². The lowest BCUT2D eigenvalue weighted by Crippen LogP contribution is -2.12. The van der Waals surface area contributed by atoms with E-state index in [-0.39, 0.29) is 30.4 Å². The van der Waals surface area contributed by atoms with Gasteiger partial charge in [0.2, 0.25) is 0 Å². The molecule has 0 bridgehead atoms. The van der Waals surface area contributed by atoms with Crippen LogP contribution in [0.5, 0.6) is 17.2 Å². The lowest BCUT2D eigenvalue weighted by molar-refractivity contribution is 0.101. The summed E-state index contributed by atoms with van der Waals surface area (Å²) < 4.78 is 16.2. The molecule has 2 aromatic heterocycles. The number of carbonyl (C=O) groups is 1. The molecule has 0 aliphatic carbocycles. The maximum absolute atomic E-state index is 13.0. The highest BCUT2D eigenvalue weighted by Crippen LogP contribution is 2.33. The van der Waals surface area contributed by atoms with Crippen molar-refractivity contribution >= 4 is 16.7 Å². The van der Waals surface area contributed by atoms with Crippen LogP contribution in [0.1, 0.15) is 17.3 Å². The van der Waals surface area contributed by atoms with Crippen molar-refractivity contribution in [1.82, 2.24) is 15.0 Å². The third-order valence-corrected chi connectivity index (χ3v) is 5.25. The van der Waals surface area contributed by atoms with Gasteiger partial charge in [-0.15, -0.1) is 0 Å². The molecule has 0 unspecified atom stereocenters. The van der Waals surface area contributed by atoms with Crippen LogP contribution in [0, 0.1) is 0 Å². The number of aromatic nitrogens is 3. The third kappa shape index (κ3) is 4.46. The van der Waals surface area contributed by atoms with Gasteiger partial charge in [-0.1, -0.05) is 24.3 Å². The number of H-pyrrole nitrogens is 1. The maximum Gasteiger partial charge on any atom is 0.262 e. The molecule has 0 spiro atoms. The van der Waals surface area contributed by atoms with Gasteiger partial charge < -0.3 is 24.3 Å². The molecular formula is C25H23N3O6. The Labute approximate surface area is 195 Å². The van der Waals surface area contributed by atoms with E-state index >= 15 is 0 Å². The Bertz CT molecular complexity index is 1410.